The van der Waals surface area contributed by atoms with Gasteiger partial charge in [-0.15, -0.1) is 0 Å². The second kappa shape index (κ2) is 5.40. The van der Waals surface area contributed by atoms with Crippen molar-refractivity contribution < 1.29 is 23.8 Å². The molecule has 0 aliphatic rings. The van der Waals surface area contributed by atoms with Crippen LogP contribution >= 0.6 is 0 Å². The molecule has 0 aliphatic carbocycles. The molecule has 0 aliphatic heterocycles. The van der Waals surface area contributed by atoms with Crippen LogP contribution in [0.2, 0.25) is 0 Å². The Balaban J connectivity index is 3.62. The van der Waals surface area contributed by atoms with Crippen molar-refractivity contribution in [1.82, 2.24) is 0 Å². The highest BCUT2D eigenvalue weighted by Gasteiger charge is 2.13. The fourth-order valence-electron chi connectivity index (χ4n) is 0.432. The van der Waals surface area contributed by atoms with E-state index in [9.17, 15) is 9.59 Å². The number of carbonyl (C=O) groups excluding carboxylic acids is 2. The van der Waals surface area contributed by atoms with Crippen molar-refractivity contribution in [2.24, 2.45) is 0 Å². The van der Waals surface area contributed by atoms with Gasteiger partial charge in [0, 0.05) is 0 Å². The minimum absolute atomic E-state index is 0.161. The molecule has 5 nitrogen and oxygen atoms in total. The molecule has 0 aromatic rings. The summed E-state index contributed by atoms with van der Waals surface area (Å²) in [6, 6.07) is 0. The molecule has 70 valence electrons. The summed E-state index contributed by atoms with van der Waals surface area (Å²) in [5.41, 5.74) is 0. The summed E-state index contributed by atoms with van der Waals surface area (Å²) in [5, 5.41) is 0. The second-order valence-electron chi connectivity index (χ2n) is 2.20. The van der Waals surface area contributed by atoms with Crippen LogP contribution in [0.25, 0.3) is 0 Å². The van der Waals surface area contributed by atoms with Gasteiger partial charge in [0.15, 0.2) is 0 Å². The van der Waals surface area contributed by atoms with E-state index in [0.717, 1.165) is 0 Å². The van der Waals surface area contributed by atoms with Crippen LogP contribution in [-0.4, -0.2) is 25.0 Å². The lowest BCUT2D eigenvalue weighted by molar-refractivity contribution is 0.0256. The van der Waals surface area contributed by atoms with Gasteiger partial charge in [0.2, 0.25) is 0 Å². The van der Waals surface area contributed by atoms with Crippen LogP contribution in [0.4, 0.5) is 9.59 Å². The fraction of sp³-hybridized carbons (Fsp3) is 0.714. The Labute approximate surface area is 70.6 Å². The van der Waals surface area contributed by atoms with Crippen LogP contribution in [0, 0.1) is 0 Å². The highest BCUT2D eigenvalue weighted by Crippen LogP contribution is 1.94. The standard InChI is InChI=1S/C7H12O5/c1-4-10-6(8)12-7(9)11-5(2)3/h5H,4H2,1-3H3. The molecule has 0 heterocycles. The minimum atomic E-state index is -1.04. The smallest absolute Gasteiger partial charge is 0.434 e. The van der Waals surface area contributed by atoms with Crippen LogP contribution < -0.4 is 0 Å². The quantitative estimate of drug-likeness (QED) is 0.473. The molecule has 0 atom stereocenters. The van der Waals surface area contributed by atoms with Gasteiger partial charge >= 0.3 is 12.3 Å². The summed E-state index contributed by atoms with van der Waals surface area (Å²) in [6.07, 6.45) is -2.39. The third-order valence-electron chi connectivity index (χ3n) is 0.761. The third-order valence-corrected chi connectivity index (χ3v) is 0.761. The van der Waals surface area contributed by atoms with Crippen LogP contribution in [-0.2, 0) is 14.2 Å². The number of ether oxygens (including phenoxy) is 3. The largest absolute Gasteiger partial charge is 0.518 e. The minimum Gasteiger partial charge on any atom is -0.434 e. The number of hydrogen-bond donors (Lipinski definition) is 0. The van der Waals surface area contributed by atoms with E-state index in [-0.39, 0.29) is 12.7 Å². The summed E-state index contributed by atoms with van der Waals surface area (Å²) < 4.78 is 12.9. The third kappa shape index (κ3) is 5.52. The molecule has 5 heteroatoms. The zero-order valence-corrected chi connectivity index (χ0v) is 7.33. The maximum Gasteiger partial charge on any atom is 0.518 e. The Hall–Kier alpha value is -1.26. The lowest BCUT2D eigenvalue weighted by Crippen LogP contribution is -2.18. The molecule has 0 amide bonds. The molecular weight excluding hydrogens is 164 g/mol. The summed E-state index contributed by atoms with van der Waals surface area (Å²) in [5.74, 6) is 0. The zero-order valence-electron chi connectivity index (χ0n) is 7.33. The number of carbonyl (C=O) groups is 2. The molecule has 0 rings (SSSR count). The molecule has 0 spiro atoms. The molecule has 0 saturated carbocycles. The SMILES string of the molecule is CCOC(=O)OC(=O)OC(C)C. The van der Waals surface area contributed by atoms with Crippen LogP contribution in [0.3, 0.4) is 0 Å². The average Bonchev–Trinajstić information content (AvgIpc) is 1.84. The van der Waals surface area contributed by atoms with E-state index in [2.05, 4.69) is 14.2 Å². The summed E-state index contributed by atoms with van der Waals surface area (Å²) >= 11 is 0. The first-order valence-electron chi connectivity index (χ1n) is 3.61. The van der Waals surface area contributed by atoms with E-state index in [1.54, 1.807) is 20.8 Å². The molecule has 0 aromatic carbocycles. The molecule has 0 N–H and O–H groups in total. The average molecular weight is 176 g/mol. The Morgan fingerprint density at radius 1 is 1.25 bits per heavy atom. The molecule has 12 heavy (non-hydrogen) atoms. The van der Waals surface area contributed by atoms with Gasteiger partial charge < -0.3 is 14.2 Å². The molecule has 0 saturated heterocycles. The highest BCUT2D eigenvalue weighted by atomic mass is 16.8. The van der Waals surface area contributed by atoms with Crippen molar-refractivity contribution in [3.05, 3.63) is 0 Å². The van der Waals surface area contributed by atoms with E-state index >= 15 is 0 Å². The van der Waals surface area contributed by atoms with E-state index in [0.29, 0.717) is 0 Å². The first-order chi connectivity index (χ1) is 5.56. The Kier molecular flexibility index (Phi) is 4.83. The molecular formula is C7H12O5. The fourth-order valence-corrected chi connectivity index (χ4v) is 0.432. The second-order valence-corrected chi connectivity index (χ2v) is 2.20. The van der Waals surface area contributed by atoms with Crippen LogP contribution in [0.15, 0.2) is 0 Å². The van der Waals surface area contributed by atoms with Crippen molar-refractivity contribution in [2.75, 3.05) is 6.61 Å². The normalized spacial score (nSPS) is 9.33. The van der Waals surface area contributed by atoms with Gasteiger partial charge in [0.05, 0.1) is 12.7 Å². The van der Waals surface area contributed by atoms with Gasteiger partial charge in [-0.1, -0.05) is 0 Å². The lowest BCUT2D eigenvalue weighted by atomic mass is 10.5. The molecule has 0 bridgehead atoms. The predicted molar refractivity (Wildman–Crippen MR) is 39.7 cm³/mol. The van der Waals surface area contributed by atoms with E-state index in [1.165, 1.54) is 0 Å². The summed E-state index contributed by atoms with van der Waals surface area (Å²) in [6.45, 7) is 5.06. The van der Waals surface area contributed by atoms with Gasteiger partial charge in [-0.2, -0.15) is 0 Å². The van der Waals surface area contributed by atoms with Gasteiger partial charge in [-0.25, -0.2) is 9.59 Å². The monoisotopic (exact) mass is 176 g/mol. The zero-order chi connectivity index (χ0) is 9.56. The van der Waals surface area contributed by atoms with Crippen molar-refractivity contribution in [2.45, 2.75) is 26.9 Å². The molecule has 0 fully saturated rings. The van der Waals surface area contributed by atoms with Crippen molar-refractivity contribution in [1.29, 1.82) is 0 Å². The predicted octanol–water partition coefficient (Wildman–Crippen LogP) is 1.70. The van der Waals surface area contributed by atoms with Crippen molar-refractivity contribution in [3.63, 3.8) is 0 Å². The maximum atomic E-state index is 10.6. The summed E-state index contributed by atoms with van der Waals surface area (Å²) in [7, 11) is 0. The summed E-state index contributed by atoms with van der Waals surface area (Å²) in [4.78, 5) is 21.1. The van der Waals surface area contributed by atoms with Crippen molar-refractivity contribution >= 4 is 12.3 Å². The van der Waals surface area contributed by atoms with Crippen molar-refractivity contribution in [3.8, 4) is 0 Å². The van der Waals surface area contributed by atoms with Gasteiger partial charge in [-0.05, 0) is 20.8 Å². The Morgan fingerprint density at radius 3 is 2.25 bits per heavy atom. The molecule has 0 aromatic heterocycles. The van der Waals surface area contributed by atoms with E-state index < -0.39 is 12.3 Å². The number of hydrogen-bond acceptors (Lipinski definition) is 5. The van der Waals surface area contributed by atoms with Gasteiger partial charge in [0.25, 0.3) is 0 Å². The number of rotatable bonds is 2. The Bertz CT molecular complexity index is 163. The van der Waals surface area contributed by atoms with Gasteiger partial charge in [-0.3, -0.25) is 0 Å². The first-order valence-corrected chi connectivity index (χ1v) is 3.61. The lowest BCUT2D eigenvalue weighted by Gasteiger charge is -2.06. The Morgan fingerprint density at radius 2 is 1.83 bits per heavy atom. The highest BCUT2D eigenvalue weighted by molar-refractivity contribution is 5.76. The maximum absolute atomic E-state index is 10.6. The first kappa shape index (κ1) is 10.7. The van der Waals surface area contributed by atoms with Crippen LogP contribution in [0.1, 0.15) is 20.8 Å². The molecule has 0 radical (unpaired) electrons. The van der Waals surface area contributed by atoms with Gasteiger partial charge in [0.1, 0.15) is 0 Å². The molecule has 0 unspecified atom stereocenters. The topological polar surface area (TPSA) is 61.8 Å². The van der Waals surface area contributed by atoms with E-state index in [1.807, 2.05) is 0 Å². The van der Waals surface area contributed by atoms with E-state index in [4.69, 9.17) is 0 Å². The van der Waals surface area contributed by atoms with Crippen LogP contribution in [0.5, 0.6) is 0 Å².